The van der Waals surface area contributed by atoms with E-state index in [1.165, 1.54) is 17.0 Å². The highest BCUT2D eigenvalue weighted by atomic mass is 16.6. The van der Waals surface area contributed by atoms with Gasteiger partial charge in [-0.15, -0.1) is 0 Å². The summed E-state index contributed by atoms with van der Waals surface area (Å²) in [5.74, 6) is 0.203. The standard InChI is InChI=1S/C12H16N6O3/c1-3-9-6-13-11(17(9)4-5-19)14-7-10-8-15-12(16(10)2)18(20)21/h6-8,19H,3-5H2,1-2H3/b14-7+. The highest BCUT2D eigenvalue weighted by Gasteiger charge is 2.16. The molecule has 0 spiro atoms. The van der Waals surface area contributed by atoms with Gasteiger partial charge in [-0.3, -0.25) is 0 Å². The van der Waals surface area contributed by atoms with Gasteiger partial charge in [-0.2, -0.15) is 0 Å². The third-order valence-electron chi connectivity index (χ3n) is 3.08. The number of hydrogen-bond donors (Lipinski definition) is 1. The Morgan fingerprint density at radius 2 is 2.24 bits per heavy atom. The van der Waals surface area contributed by atoms with E-state index in [4.69, 9.17) is 5.11 Å². The van der Waals surface area contributed by atoms with Crippen molar-refractivity contribution in [3.05, 3.63) is 33.9 Å². The second-order valence-corrected chi connectivity index (χ2v) is 4.34. The first-order valence-electron chi connectivity index (χ1n) is 6.43. The second kappa shape index (κ2) is 6.27. The zero-order valence-corrected chi connectivity index (χ0v) is 11.8. The molecule has 0 aromatic carbocycles. The van der Waals surface area contributed by atoms with Crippen molar-refractivity contribution in [3.8, 4) is 0 Å². The molecule has 0 radical (unpaired) electrons. The Labute approximate surface area is 120 Å². The summed E-state index contributed by atoms with van der Waals surface area (Å²) in [7, 11) is 1.55. The predicted octanol–water partition coefficient (Wildman–Crippen LogP) is 0.830. The average molecular weight is 292 g/mol. The van der Waals surface area contributed by atoms with Crippen molar-refractivity contribution in [2.45, 2.75) is 19.9 Å². The maximum absolute atomic E-state index is 10.7. The first kappa shape index (κ1) is 14.9. The topological polar surface area (TPSA) is 111 Å². The molecule has 9 heteroatoms. The summed E-state index contributed by atoms with van der Waals surface area (Å²) in [4.78, 5) is 22.3. The summed E-state index contributed by atoms with van der Waals surface area (Å²) >= 11 is 0. The molecule has 0 aliphatic rings. The van der Waals surface area contributed by atoms with E-state index in [9.17, 15) is 10.1 Å². The lowest BCUT2D eigenvalue weighted by Crippen LogP contribution is -2.05. The number of aliphatic imine (C=N–C) groups is 1. The molecule has 2 aromatic rings. The summed E-state index contributed by atoms with van der Waals surface area (Å²) in [6, 6.07) is 0. The van der Waals surface area contributed by atoms with Crippen LogP contribution in [0.2, 0.25) is 0 Å². The van der Waals surface area contributed by atoms with Gasteiger partial charge >= 0.3 is 5.95 Å². The van der Waals surface area contributed by atoms with E-state index in [1.54, 1.807) is 17.8 Å². The molecule has 0 unspecified atom stereocenters. The van der Waals surface area contributed by atoms with Crippen molar-refractivity contribution in [2.24, 2.45) is 12.0 Å². The lowest BCUT2D eigenvalue weighted by atomic mass is 10.3. The smallest absolute Gasteiger partial charge is 0.395 e. The summed E-state index contributed by atoms with van der Waals surface area (Å²) in [6.07, 6.45) is 5.32. The predicted molar refractivity (Wildman–Crippen MR) is 75.8 cm³/mol. The van der Waals surface area contributed by atoms with Gasteiger partial charge in [-0.25, -0.2) is 14.5 Å². The first-order valence-corrected chi connectivity index (χ1v) is 6.43. The van der Waals surface area contributed by atoms with Gasteiger partial charge in [0.15, 0.2) is 5.69 Å². The maximum Gasteiger partial charge on any atom is 0.434 e. The SMILES string of the molecule is CCc1cnc(/N=C/c2cnc([N+](=O)[O-])n2C)n1CCO. The van der Waals surface area contributed by atoms with E-state index in [-0.39, 0.29) is 12.6 Å². The van der Waals surface area contributed by atoms with Gasteiger partial charge in [0.2, 0.25) is 5.95 Å². The molecule has 0 bridgehead atoms. The highest BCUT2D eigenvalue weighted by Crippen LogP contribution is 2.15. The van der Waals surface area contributed by atoms with Gasteiger partial charge in [0.25, 0.3) is 0 Å². The van der Waals surface area contributed by atoms with Crippen LogP contribution < -0.4 is 0 Å². The van der Waals surface area contributed by atoms with Crippen molar-refractivity contribution in [1.82, 2.24) is 19.1 Å². The zero-order chi connectivity index (χ0) is 15.4. The Kier molecular flexibility index (Phi) is 4.43. The number of nitro groups is 1. The van der Waals surface area contributed by atoms with Crippen LogP contribution in [-0.2, 0) is 20.0 Å². The fourth-order valence-electron chi connectivity index (χ4n) is 1.95. The number of aryl methyl sites for hydroxylation is 1. The summed E-state index contributed by atoms with van der Waals surface area (Å²) in [6.45, 7) is 2.38. The first-order chi connectivity index (χ1) is 10.1. The Morgan fingerprint density at radius 1 is 1.48 bits per heavy atom. The van der Waals surface area contributed by atoms with Crippen LogP contribution in [0.3, 0.4) is 0 Å². The molecule has 0 amide bonds. The van der Waals surface area contributed by atoms with Crippen LogP contribution >= 0.6 is 0 Å². The van der Waals surface area contributed by atoms with Crippen LogP contribution in [0.15, 0.2) is 17.4 Å². The molecule has 21 heavy (non-hydrogen) atoms. The summed E-state index contributed by atoms with van der Waals surface area (Å²) < 4.78 is 3.14. The van der Waals surface area contributed by atoms with Gasteiger partial charge in [0.05, 0.1) is 26.1 Å². The Morgan fingerprint density at radius 3 is 2.81 bits per heavy atom. The lowest BCUT2D eigenvalue weighted by Gasteiger charge is -2.05. The highest BCUT2D eigenvalue weighted by molar-refractivity contribution is 5.79. The minimum Gasteiger partial charge on any atom is -0.395 e. The number of aromatic nitrogens is 4. The molecule has 0 saturated heterocycles. The van der Waals surface area contributed by atoms with Gasteiger partial charge in [0.1, 0.15) is 6.20 Å². The fourth-order valence-corrected chi connectivity index (χ4v) is 1.95. The van der Waals surface area contributed by atoms with E-state index >= 15 is 0 Å². The van der Waals surface area contributed by atoms with E-state index < -0.39 is 4.92 Å². The van der Waals surface area contributed by atoms with Crippen LogP contribution in [0.4, 0.5) is 11.9 Å². The second-order valence-electron chi connectivity index (χ2n) is 4.34. The fraction of sp³-hybridized carbons (Fsp3) is 0.417. The Balaban J connectivity index is 2.29. The molecule has 2 heterocycles. The van der Waals surface area contributed by atoms with Crippen LogP contribution in [0, 0.1) is 10.1 Å². The third-order valence-corrected chi connectivity index (χ3v) is 3.08. The number of hydrogen-bond acceptors (Lipinski definition) is 6. The van der Waals surface area contributed by atoms with Crippen molar-refractivity contribution >= 4 is 18.1 Å². The molecule has 0 saturated carbocycles. The summed E-state index contributed by atoms with van der Waals surface area (Å²) in [5, 5.41) is 19.8. The van der Waals surface area contributed by atoms with Crippen molar-refractivity contribution in [2.75, 3.05) is 6.61 Å². The molecule has 0 fully saturated rings. The normalized spacial score (nSPS) is 11.4. The average Bonchev–Trinajstić information content (AvgIpc) is 3.01. The van der Waals surface area contributed by atoms with Gasteiger partial charge in [-0.05, 0) is 11.3 Å². The van der Waals surface area contributed by atoms with Crippen molar-refractivity contribution in [3.63, 3.8) is 0 Å². The quantitative estimate of drug-likeness (QED) is 0.481. The van der Waals surface area contributed by atoms with Crippen LogP contribution in [-0.4, -0.2) is 42.0 Å². The minimum atomic E-state index is -0.556. The molecule has 0 atom stereocenters. The van der Waals surface area contributed by atoms with Gasteiger partial charge in [-0.1, -0.05) is 11.9 Å². The number of nitrogens with zero attached hydrogens (tertiary/aromatic N) is 6. The monoisotopic (exact) mass is 292 g/mol. The van der Waals surface area contributed by atoms with E-state index in [0.717, 1.165) is 12.1 Å². The number of rotatable bonds is 6. The third kappa shape index (κ3) is 2.97. The Hall–Kier alpha value is -2.55. The largest absolute Gasteiger partial charge is 0.434 e. The molecule has 112 valence electrons. The zero-order valence-electron chi connectivity index (χ0n) is 11.8. The minimum absolute atomic E-state index is 0.0109. The number of aliphatic hydroxyl groups is 1. The van der Waals surface area contributed by atoms with Crippen LogP contribution in [0.25, 0.3) is 0 Å². The molecule has 2 aromatic heterocycles. The molecule has 1 N–H and O–H groups in total. The van der Waals surface area contributed by atoms with Gasteiger partial charge < -0.3 is 19.8 Å². The Bertz CT molecular complexity index is 673. The molecule has 9 nitrogen and oxygen atoms in total. The molecular weight excluding hydrogens is 276 g/mol. The van der Waals surface area contributed by atoms with E-state index in [0.29, 0.717) is 18.2 Å². The van der Waals surface area contributed by atoms with Crippen LogP contribution in [0.5, 0.6) is 0 Å². The molecular formula is C12H16N6O3. The number of aliphatic hydroxyl groups excluding tert-OH is 1. The number of imidazole rings is 2. The summed E-state index contributed by atoms with van der Waals surface area (Å²) in [5.41, 5.74) is 1.46. The van der Waals surface area contributed by atoms with Crippen LogP contribution in [0.1, 0.15) is 18.3 Å². The van der Waals surface area contributed by atoms with Gasteiger partial charge in [0, 0.05) is 12.2 Å². The van der Waals surface area contributed by atoms with E-state index in [2.05, 4.69) is 15.0 Å². The molecule has 0 aliphatic heterocycles. The molecule has 2 rings (SSSR count). The van der Waals surface area contributed by atoms with Crippen molar-refractivity contribution < 1.29 is 10.0 Å². The van der Waals surface area contributed by atoms with E-state index in [1.807, 2.05) is 6.92 Å². The molecule has 0 aliphatic carbocycles. The van der Waals surface area contributed by atoms with Crippen molar-refractivity contribution in [1.29, 1.82) is 0 Å². The lowest BCUT2D eigenvalue weighted by molar-refractivity contribution is -0.396. The maximum atomic E-state index is 10.7.